The molecule has 0 bridgehead atoms. The number of rotatable bonds is 3. The van der Waals surface area contributed by atoms with Gasteiger partial charge in [-0.15, -0.1) is 0 Å². The van der Waals surface area contributed by atoms with E-state index in [2.05, 4.69) is 4.98 Å². The maximum atomic E-state index is 13.5. The third kappa shape index (κ3) is 2.41. The van der Waals surface area contributed by atoms with E-state index in [1.165, 1.54) is 17.3 Å². The number of aromatic nitrogens is 1. The Morgan fingerprint density at radius 2 is 2.21 bits per heavy atom. The zero-order valence-corrected chi connectivity index (χ0v) is 13.4. The van der Waals surface area contributed by atoms with Gasteiger partial charge in [-0.3, -0.25) is 9.78 Å². The van der Waals surface area contributed by atoms with E-state index < -0.39 is 23.8 Å². The van der Waals surface area contributed by atoms with E-state index >= 15 is 0 Å². The Morgan fingerprint density at radius 1 is 1.50 bits per heavy atom. The van der Waals surface area contributed by atoms with Gasteiger partial charge in [-0.25, -0.2) is 8.78 Å². The van der Waals surface area contributed by atoms with Crippen LogP contribution in [0.3, 0.4) is 0 Å². The number of nitrogens with zero attached hydrogens (tertiary/aromatic N) is 3. The van der Waals surface area contributed by atoms with Crippen LogP contribution in [0.15, 0.2) is 12.4 Å². The minimum absolute atomic E-state index is 0.0201. The summed E-state index contributed by atoms with van der Waals surface area (Å²) in [5, 5.41) is 19.3. The maximum Gasteiger partial charge on any atom is 0.252 e. The molecular weight excluding hydrogens is 316 g/mol. The van der Waals surface area contributed by atoms with E-state index in [0.29, 0.717) is 24.9 Å². The maximum absolute atomic E-state index is 13.5. The number of pyridine rings is 1. The molecule has 1 aliphatic heterocycles. The summed E-state index contributed by atoms with van der Waals surface area (Å²) < 4.78 is 27.0. The molecule has 128 valence electrons. The van der Waals surface area contributed by atoms with E-state index in [0.717, 1.165) is 0 Å². The summed E-state index contributed by atoms with van der Waals surface area (Å²) in [6.07, 6.45) is 1.54. The number of carbonyl (C=O) groups excluding carboxylic acids is 1. The van der Waals surface area contributed by atoms with Crippen molar-refractivity contribution in [3.05, 3.63) is 23.5 Å². The zero-order valence-electron chi connectivity index (χ0n) is 13.4. The topological polar surface area (TPSA) is 77.2 Å². The van der Waals surface area contributed by atoms with Crippen LogP contribution in [0.1, 0.15) is 49.8 Å². The van der Waals surface area contributed by atoms with Crippen LogP contribution in [0.5, 0.6) is 5.75 Å². The van der Waals surface area contributed by atoms with Gasteiger partial charge in [0.15, 0.2) is 0 Å². The van der Waals surface area contributed by atoms with Crippen molar-refractivity contribution in [2.24, 2.45) is 11.3 Å². The smallest absolute Gasteiger partial charge is 0.252 e. The predicted octanol–water partition coefficient (Wildman–Crippen LogP) is 3.00. The second kappa shape index (κ2) is 6.00. The van der Waals surface area contributed by atoms with Crippen molar-refractivity contribution in [2.45, 2.75) is 45.1 Å². The summed E-state index contributed by atoms with van der Waals surface area (Å²) in [5.41, 5.74) is -1.21. The molecule has 2 atom stereocenters. The second-order valence-corrected chi connectivity index (χ2v) is 6.86. The van der Waals surface area contributed by atoms with Crippen molar-refractivity contribution in [3.8, 4) is 11.8 Å². The van der Waals surface area contributed by atoms with Crippen LogP contribution in [0.2, 0.25) is 0 Å². The fraction of sp³-hybridized carbons (Fsp3) is 0.588. The fourth-order valence-electron chi connectivity index (χ4n) is 3.73. The van der Waals surface area contributed by atoms with Crippen LogP contribution >= 0.6 is 0 Å². The second-order valence-electron chi connectivity index (χ2n) is 6.86. The number of likely N-dealkylation sites (tertiary alicyclic amines) is 1. The Morgan fingerprint density at radius 3 is 2.75 bits per heavy atom. The molecule has 2 heterocycles. The number of hydrogen-bond acceptors (Lipinski definition) is 4. The molecule has 2 aliphatic rings. The van der Waals surface area contributed by atoms with Crippen LogP contribution in [0, 0.1) is 22.7 Å². The first kappa shape index (κ1) is 16.6. The number of alkyl halides is 2. The summed E-state index contributed by atoms with van der Waals surface area (Å²) in [4.78, 5) is 18.3. The average molecular weight is 335 g/mol. The largest absolute Gasteiger partial charge is 0.506 e. The normalized spacial score (nSPS) is 25.4. The first-order valence-corrected chi connectivity index (χ1v) is 8.07. The lowest BCUT2D eigenvalue weighted by Crippen LogP contribution is -2.52. The minimum atomic E-state index is -2.69. The number of nitriles is 1. The quantitative estimate of drug-likeness (QED) is 0.921. The number of carbonyl (C=O) groups is 1. The molecule has 5 nitrogen and oxygen atoms in total. The molecule has 3 rings (SSSR count). The molecule has 1 aromatic rings. The molecule has 1 saturated carbocycles. The van der Waals surface area contributed by atoms with Crippen molar-refractivity contribution in [1.82, 2.24) is 9.88 Å². The van der Waals surface area contributed by atoms with Gasteiger partial charge in [-0.2, -0.15) is 5.26 Å². The number of hydrogen-bond donors (Lipinski definition) is 1. The molecular formula is C17H19F2N3O2. The Labute approximate surface area is 138 Å². The molecule has 0 radical (unpaired) electrons. The van der Waals surface area contributed by atoms with Crippen molar-refractivity contribution >= 4 is 5.91 Å². The molecule has 0 spiro atoms. The minimum Gasteiger partial charge on any atom is -0.506 e. The molecule has 1 N–H and O–H groups in total. The van der Waals surface area contributed by atoms with E-state index in [4.69, 9.17) is 5.26 Å². The van der Waals surface area contributed by atoms with Gasteiger partial charge in [0.05, 0.1) is 6.04 Å². The highest BCUT2D eigenvalue weighted by Gasteiger charge is 2.55. The number of amides is 1. The van der Waals surface area contributed by atoms with Crippen LogP contribution in [-0.4, -0.2) is 33.9 Å². The molecule has 7 heteroatoms. The van der Waals surface area contributed by atoms with Gasteiger partial charge in [0, 0.05) is 24.5 Å². The third-order valence-electron chi connectivity index (χ3n) is 5.29. The van der Waals surface area contributed by atoms with Gasteiger partial charge in [0.25, 0.3) is 6.43 Å². The van der Waals surface area contributed by atoms with E-state index in [1.54, 1.807) is 0 Å². The summed E-state index contributed by atoms with van der Waals surface area (Å²) in [5.74, 6) is -0.636. The predicted molar refractivity (Wildman–Crippen MR) is 81.1 cm³/mol. The molecule has 1 amide bonds. The first-order valence-electron chi connectivity index (χ1n) is 8.07. The molecule has 1 saturated heterocycles. The van der Waals surface area contributed by atoms with E-state index in [-0.39, 0.29) is 30.1 Å². The van der Waals surface area contributed by atoms with Crippen LogP contribution in [0.25, 0.3) is 0 Å². The zero-order chi connectivity index (χ0) is 17.5. The Balaban J connectivity index is 1.96. The van der Waals surface area contributed by atoms with Gasteiger partial charge in [-0.1, -0.05) is 13.3 Å². The molecule has 24 heavy (non-hydrogen) atoms. The van der Waals surface area contributed by atoms with E-state index in [1.807, 2.05) is 13.0 Å². The highest BCUT2D eigenvalue weighted by Crippen LogP contribution is 2.50. The summed E-state index contributed by atoms with van der Waals surface area (Å²) in [6, 6.07) is 1.33. The van der Waals surface area contributed by atoms with Gasteiger partial charge in [-0.05, 0) is 25.2 Å². The Kier molecular flexibility index (Phi) is 4.16. The van der Waals surface area contributed by atoms with E-state index in [9.17, 15) is 18.7 Å². The third-order valence-corrected chi connectivity index (χ3v) is 5.29. The molecule has 0 aromatic carbocycles. The summed E-state index contributed by atoms with van der Waals surface area (Å²) in [7, 11) is 0. The summed E-state index contributed by atoms with van der Waals surface area (Å²) >= 11 is 0. The Bertz CT molecular complexity index is 698. The lowest BCUT2D eigenvalue weighted by Gasteiger charge is -2.43. The fourth-order valence-corrected chi connectivity index (χ4v) is 3.73. The average Bonchev–Trinajstić information content (AvgIpc) is 2.87. The highest BCUT2D eigenvalue weighted by molar-refractivity contribution is 5.85. The lowest BCUT2D eigenvalue weighted by atomic mass is 9.68. The van der Waals surface area contributed by atoms with Crippen molar-refractivity contribution in [1.29, 1.82) is 5.26 Å². The number of halogens is 2. The summed E-state index contributed by atoms with van der Waals surface area (Å²) in [6.45, 7) is 2.31. The molecule has 1 aliphatic carbocycles. The van der Waals surface area contributed by atoms with Crippen LogP contribution in [0.4, 0.5) is 8.78 Å². The van der Waals surface area contributed by atoms with Crippen molar-refractivity contribution in [2.75, 3.05) is 6.54 Å². The standard InChI is InChI=1S/C17H19F2N3O2/c1-10-5-13(12-8-21-7-11(6-20)14(12)23)22(9-10)16(24)17(15(18)19)3-2-4-17/h7-8,10,13,15H,2-5,9H2,1H3,(H,21,23)/t10-,13+/m1/s1. The highest BCUT2D eigenvalue weighted by atomic mass is 19.3. The lowest BCUT2D eigenvalue weighted by molar-refractivity contribution is -0.163. The SMILES string of the molecule is C[C@@H]1C[C@@H](c2cncc(C#N)c2O)N(C(=O)C2(C(F)F)CCC2)C1. The molecule has 1 aromatic heterocycles. The van der Waals surface area contributed by atoms with Crippen molar-refractivity contribution in [3.63, 3.8) is 0 Å². The Hall–Kier alpha value is -2.23. The molecule has 2 fully saturated rings. The monoisotopic (exact) mass is 335 g/mol. The van der Waals surface area contributed by atoms with Crippen molar-refractivity contribution < 1.29 is 18.7 Å². The van der Waals surface area contributed by atoms with Gasteiger partial charge >= 0.3 is 0 Å². The van der Waals surface area contributed by atoms with Crippen LogP contribution < -0.4 is 0 Å². The molecule has 0 unspecified atom stereocenters. The first-order chi connectivity index (χ1) is 11.4. The van der Waals surface area contributed by atoms with Gasteiger partial charge in [0.2, 0.25) is 5.91 Å². The van der Waals surface area contributed by atoms with Crippen LogP contribution in [-0.2, 0) is 4.79 Å². The number of aromatic hydroxyl groups is 1. The van der Waals surface area contributed by atoms with Gasteiger partial charge < -0.3 is 10.0 Å². The van der Waals surface area contributed by atoms with Gasteiger partial charge in [0.1, 0.15) is 22.8 Å².